The number of benzene rings is 1. The molecule has 2 aromatic rings. The van der Waals surface area contributed by atoms with E-state index in [4.69, 9.17) is 10.00 Å². The van der Waals surface area contributed by atoms with Crippen molar-refractivity contribution < 1.29 is 9.53 Å². The van der Waals surface area contributed by atoms with Crippen LogP contribution in [0.2, 0.25) is 0 Å². The molecule has 0 fully saturated rings. The third kappa shape index (κ3) is 4.04. The third-order valence-electron chi connectivity index (χ3n) is 2.91. The van der Waals surface area contributed by atoms with Crippen LogP contribution in [-0.2, 0) is 4.74 Å². The Morgan fingerprint density at radius 1 is 1.32 bits per heavy atom. The lowest BCUT2D eigenvalue weighted by molar-refractivity contribution is 0.0932. The zero-order chi connectivity index (χ0) is 15.8. The highest BCUT2D eigenvalue weighted by Crippen LogP contribution is 2.19. The number of amides is 1. The van der Waals surface area contributed by atoms with Crippen molar-refractivity contribution >= 4 is 17.3 Å². The average Bonchev–Trinajstić information content (AvgIpc) is 2.56. The summed E-state index contributed by atoms with van der Waals surface area (Å²) in [6.45, 7) is 0.892. The molecule has 0 saturated heterocycles. The van der Waals surface area contributed by atoms with E-state index in [0.717, 1.165) is 0 Å². The van der Waals surface area contributed by atoms with Crippen molar-refractivity contribution in [2.24, 2.45) is 0 Å². The summed E-state index contributed by atoms with van der Waals surface area (Å²) in [4.78, 5) is 15.9. The number of rotatable bonds is 6. The Balaban J connectivity index is 2.03. The van der Waals surface area contributed by atoms with Gasteiger partial charge in [0, 0.05) is 13.7 Å². The molecule has 1 aromatic heterocycles. The predicted octanol–water partition coefficient (Wildman–Crippen LogP) is 2.07. The largest absolute Gasteiger partial charge is 0.383 e. The highest BCUT2D eigenvalue weighted by molar-refractivity contribution is 5.92. The quantitative estimate of drug-likeness (QED) is 0.797. The summed E-state index contributed by atoms with van der Waals surface area (Å²) in [6.07, 6.45) is 1.55. The van der Waals surface area contributed by atoms with Crippen molar-refractivity contribution in [1.82, 2.24) is 10.3 Å². The van der Waals surface area contributed by atoms with Crippen molar-refractivity contribution in [3.63, 3.8) is 0 Å². The zero-order valence-electron chi connectivity index (χ0n) is 12.2. The first kappa shape index (κ1) is 15.5. The van der Waals surface area contributed by atoms with Gasteiger partial charge < -0.3 is 15.4 Å². The lowest BCUT2D eigenvalue weighted by atomic mass is 10.2. The minimum absolute atomic E-state index is 0.249. The molecule has 0 atom stereocenters. The Morgan fingerprint density at radius 3 is 2.82 bits per heavy atom. The van der Waals surface area contributed by atoms with Crippen LogP contribution in [0.1, 0.15) is 16.1 Å². The Bertz CT molecular complexity index is 677. The van der Waals surface area contributed by atoms with E-state index in [1.807, 2.05) is 12.1 Å². The second-order valence-corrected chi connectivity index (χ2v) is 4.46. The highest BCUT2D eigenvalue weighted by atomic mass is 16.5. The number of hydrogen-bond acceptors (Lipinski definition) is 5. The van der Waals surface area contributed by atoms with E-state index in [1.54, 1.807) is 37.6 Å². The zero-order valence-corrected chi connectivity index (χ0v) is 12.2. The lowest BCUT2D eigenvalue weighted by Crippen LogP contribution is -2.27. The van der Waals surface area contributed by atoms with E-state index in [0.29, 0.717) is 35.8 Å². The fraction of sp³-hybridized carbons (Fsp3) is 0.188. The van der Waals surface area contributed by atoms with Crippen LogP contribution in [0.15, 0.2) is 42.6 Å². The van der Waals surface area contributed by atoms with Crippen molar-refractivity contribution in [2.75, 3.05) is 25.6 Å². The summed E-state index contributed by atoms with van der Waals surface area (Å²) in [5.41, 5.74) is 2.28. The fourth-order valence-electron chi connectivity index (χ4n) is 1.80. The Labute approximate surface area is 128 Å². The predicted molar refractivity (Wildman–Crippen MR) is 82.9 cm³/mol. The molecule has 1 heterocycles. The molecule has 0 spiro atoms. The van der Waals surface area contributed by atoms with Crippen molar-refractivity contribution in [1.29, 1.82) is 5.26 Å². The summed E-state index contributed by atoms with van der Waals surface area (Å²) in [5.74, 6) is -0.249. The van der Waals surface area contributed by atoms with Gasteiger partial charge in [0.1, 0.15) is 11.8 Å². The number of aromatic nitrogens is 1. The monoisotopic (exact) mass is 296 g/mol. The summed E-state index contributed by atoms with van der Waals surface area (Å²) in [7, 11) is 1.57. The van der Waals surface area contributed by atoms with E-state index in [1.165, 1.54) is 0 Å². The lowest BCUT2D eigenvalue weighted by Gasteiger charge is -2.08. The molecule has 0 radical (unpaired) electrons. The highest BCUT2D eigenvalue weighted by Gasteiger charge is 2.07. The van der Waals surface area contributed by atoms with Gasteiger partial charge in [0.2, 0.25) is 0 Å². The second-order valence-electron chi connectivity index (χ2n) is 4.46. The summed E-state index contributed by atoms with van der Waals surface area (Å²) in [6, 6.07) is 12.7. The Kier molecular flexibility index (Phi) is 5.46. The number of nitrogens with zero attached hydrogens (tertiary/aromatic N) is 2. The first-order valence-electron chi connectivity index (χ1n) is 6.74. The summed E-state index contributed by atoms with van der Waals surface area (Å²) >= 11 is 0. The van der Waals surface area contributed by atoms with Crippen LogP contribution in [-0.4, -0.2) is 31.2 Å². The number of nitrogens with one attached hydrogen (secondary N) is 2. The number of nitriles is 1. The van der Waals surface area contributed by atoms with Crippen LogP contribution in [0, 0.1) is 11.3 Å². The number of ether oxygens (including phenoxy) is 1. The molecule has 0 aliphatic heterocycles. The third-order valence-corrected chi connectivity index (χ3v) is 2.91. The van der Waals surface area contributed by atoms with Gasteiger partial charge in [-0.1, -0.05) is 12.1 Å². The molecule has 112 valence electrons. The molecular formula is C16H16N4O2. The second kappa shape index (κ2) is 7.76. The maximum absolute atomic E-state index is 11.8. The molecule has 22 heavy (non-hydrogen) atoms. The molecule has 0 aliphatic rings. The summed E-state index contributed by atoms with van der Waals surface area (Å²) in [5, 5.41) is 14.8. The van der Waals surface area contributed by atoms with Crippen molar-refractivity contribution in [3.05, 3.63) is 53.9 Å². The summed E-state index contributed by atoms with van der Waals surface area (Å²) < 4.78 is 4.86. The standard InChI is InChI=1S/C16H16N4O2/c1-22-9-8-18-16(21)15-7-6-13(11-19-15)20-14-5-3-2-4-12(14)10-17/h2-7,11,20H,8-9H2,1H3,(H,18,21). The Hall–Kier alpha value is -2.91. The molecule has 0 aliphatic carbocycles. The van der Waals surface area contributed by atoms with Gasteiger partial charge >= 0.3 is 0 Å². The number of methoxy groups -OCH3 is 1. The maximum atomic E-state index is 11.8. The van der Waals surface area contributed by atoms with Gasteiger partial charge in [0.15, 0.2) is 0 Å². The number of anilines is 2. The van der Waals surface area contributed by atoms with E-state index >= 15 is 0 Å². The van der Waals surface area contributed by atoms with Crippen LogP contribution < -0.4 is 10.6 Å². The Morgan fingerprint density at radius 2 is 2.14 bits per heavy atom. The van der Waals surface area contributed by atoms with Gasteiger partial charge in [-0.3, -0.25) is 4.79 Å². The van der Waals surface area contributed by atoms with Gasteiger partial charge in [0.25, 0.3) is 5.91 Å². The maximum Gasteiger partial charge on any atom is 0.269 e. The minimum Gasteiger partial charge on any atom is -0.383 e. The van der Waals surface area contributed by atoms with Gasteiger partial charge in [-0.25, -0.2) is 4.98 Å². The number of para-hydroxylation sites is 1. The molecule has 2 N–H and O–H groups in total. The van der Waals surface area contributed by atoms with E-state index in [9.17, 15) is 4.79 Å². The van der Waals surface area contributed by atoms with Gasteiger partial charge in [-0.15, -0.1) is 0 Å². The molecule has 1 aromatic carbocycles. The van der Waals surface area contributed by atoms with Crippen LogP contribution in [0.3, 0.4) is 0 Å². The average molecular weight is 296 g/mol. The number of carbonyl (C=O) groups excluding carboxylic acids is 1. The van der Waals surface area contributed by atoms with Gasteiger partial charge in [-0.05, 0) is 24.3 Å². The first-order valence-corrected chi connectivity index (χ1v) is 6.74. The molecular weight excluding hydrogens is 280 g/mol. The minimum atomic E-state index is -0.249. The number of carbonyl (C=O) groups is 1. The molecule has 6 nitrogen and oxygen atoms in total. The molecule has 0 bridgehead atoms. The fourth-order valence-corrected chi connectivity index (χ4v) is 1.80. The number of pyridine rings is 1. The van der Waals surface area contributed by atoms with Crippen molar-refractivity contribution in [2.45, 2.75) is 0 Å². The SMILES string of the molecule is COCCNC(=O)c1ccc(Nc2ccccc2C#N)cn1. The topological polar surface area (TPSA) is 87.0 Å². The molecule has 0 unspecified atom stereocenters. The smallest absolute Gasteiger partial charge is 0.269 e. The molecule has 0 saturated carbocycles. The molecule has 2 rings (SSSR count). The normalized spacial score (nSPS) is 9.82. The van der Waals surface area contributed by atoms with E-state index < -0.39 is 0 Å². The van der Waals surface area contributed by atoms with Gasteiger partial charge in [0.05, 0.1) is 29.7 Å². The van der Waals surface area contributed by atoms with E-state index in [-0.39, 0.29) is 5.91 Å². The molecule has 6 heteroatoms. The van der Waals surface area contributed by atoms with Crippen LogP contribution >= 0.6 is 0 Å². The van der Waals surface area contributed by atoms with Crippen LogP contribution in [0.4, 0.5) is 11.4 Å². The van der Waals surface area contributed by atoms with Gasteiger partial charge in [-0.2, -0.15) is 5.26 Å². The van der Waals surface area contributed by atoms with E-state index in [2.05, 4.69) is 21.7 Å². The van der Waals surface area contributed by atoms with Crippen molar-refractivity contribution in [3.8, 4) is 6.07 Å². The van der Waals surface area contributed by atoms with Crippen LogP contribution in [0.5, 0.6) is 0 Å². The van der Waals surface area contributed by atoms with Crippen LogP contribution in [0.25, 0.3) is 0 Å². The number of hydrogen-bond donors (Lipinski definition) is 2. The first-order chi connectivity index (χ1) is 10.7. The molecule has 1 amide bonds.